The van der Waals surface area contributed by atoms with Crippen LogP contribution in [0.3, 0.4) is 0 Å². The van der Waals surface area contributed by atoms with Crippen LogP contribution in [0.2, 0.25) is 0 Å². The lowest BCUT2D eigenvalue weighted by Crippen LogP contribution is -2.55. The molecule has 24 heavy (non-hydrogen) atoms. The molecule has 3 aliphatic rings. The number of hydrogen-bond acceptors (Lipinski definition) is 3. The second-order valence-electron chi connectivity index (χ2n) is 8.92. The fraction of sp³-hybridized carbons (Fsp3) is 1.00. The van der Waals surface area contributed by atoms with Gasteiger partial charge in [0.2, 0.25) is 0 Å². The molecule has 2 aliphatic heterocycles. The maximum Gasteiger partial charge on any atom is 0.116 e. The number of alkyl halides is 1. The summed E-state index contributed by atoms with van der Waals surface area (Å²) in [6, 6.07) is 1.22. The highest BCUT2D eigenvalue weighted by Crippen LogP contribution is 2.35. The minimum Gasteiger partial charge on any atom is -0.375 e. The van der Waals surface area contributed by atoms with E-state index in [1.54, 1.807) is 0 Å². The minimum absolute atomic E-state index is 0.263. The van der Waals surface area contributed by atoms with Crippen LogP contribution in [0.1, 0.15) is 59.8 Å². The third-order valence-electron chi connectivity index (χ3n) is 6.66. The second kappa shape index (κ2) is 8.01. The molecule has 0 radical (unpaired) electrons. The van der Waals surface area contributed by atoms with Crippen molar-refractivity contribution < 1.29 is 9.13 Å². The first-order valence-electron chi connectivity index (χ1n) is 10.2. The first-order valence-corrected chi connectivity index (χ1v) is 10.2. The SMILES string of the molecule is CC(C)C1CCN(C2CC(OC3CCN(C(C)C)CC3)C2)C[C@@H]1F. The Kier molecular flexibility index (Phi) is 6.20. The van der Waals surface area contributed by atoms with Crippen molar-refractivity contribution in [2.45, 2.75) is 90.3 Å². The van der Waals surface area contributed by atoms with E-state index >= 15 is 0 Å². The Balaban J connectivity index is 1.35. The van der Waals surface area contributed by atoms with Crippen molar-refractivity contribution in [1.82, 2.24) is 9.80 Å². The Morgan fingerprint density at radius 1 is 0.917 bits per heavy atom. The van der Waals surface area contributed by atoms with Crippen LogP contribution in [0, 0.1) is 11.8 Å². The summed E-state index contributed by atoms with van der Waals surface area (Å²) in [5.41, 5.74) is 0. The van der Waals surface area contributed by atoms with E-state index in [1.165, 1.54) is 25.9 Å². The number of halogens is 1. The van der Waals surface area contributed by atoms with Crippen LogP contribution < -0.4 is 0 Å². The van der Waals surface area contributed by atoms with Gasteiger partial charge in [0.15, 0.2) is 0 Å². The van der Waals surface area contributed by atoms with Gasteiger partial charge in [-0.1, -0.05) is 13.8 Å². The second-order valence-corrected chi connectivity index (χ2v) is 8.92. The van der Waals surface area contributed by atoms with Crippen LogP contribution in [0.25, 0.3) is 0 Å². The minimum atomic E-state index is -0.640. The van der Waals surface area contributed by atoms with Crippen molar-refractivity contribution in [2.24, 2.45) is 11.8 Å². The quantitative estimate of drug-likeness (QED) is 0.758. The molecule has 3 fully saturated rings. The van der Waals surface area contributed by atoms with Gasteiger partial charge in [-0.3, -0.25) is 4.90 Å². The normalized spacial score (nSPS) is 37.1. The van der Waals surface area contributed by atoms with Crippen molar-refractivity contribution >= 4 is 0 Å². The first-order chi connectivity index (χ1) is 11.4. The van der Waals surface area contributed by atoms with Gasteiger partial charge < -0.3 is 9.64 Å². The highest BCUT2D eigenvalue weighted by atomic mass is 19.1. The van der Waals surface area contributed by atoms with Crippen molar-refractivity contribution in [3.63, 3.8) is 0 Å². The summed E-state index contributed by atoms with van der Waals surface area (Å²) >= 11 is 0. The van der Waals surface area contributed by atoms with Crippen LogP contribution >= 0.6 is 0 Å². The van der Waals surface area contributed by atoms with Crippen molar-refractivity contribution in [1.29, 1.82) is 0 Å². The lowest BCUT2D eigenvalue weighted by molar-refractivity contribution is -0.113. The molecule has 1 unspecified atom stereocenters. The summed E-state index contributed by atoms with van der Waals surface area (Å²) in [4.78, 5) is 4.94. The zero-order valence-corrected chi connectivity index (χ0v) is 16.1. The molecule has 0 aromatic rings. The van der Waals surface area contributed by atoms with Gasteiger partial charge in [-0.2, -0.15) is 0 Å². The van der Waals surface area contributed by atoms with Gasteiger partial charge in [-0.05, 0) is 64.3 Å². The van der Waals surface area contributed by atoms with Crippen molar-refractivity contribution in [3.05, 3.63) is 0 Å². The fourth-order valence-electron chi connectivity index (χ4n) is 4.78. The number of ether oxygens (including phenoxy) is 1. The van der Waals surface area contributed by atoms with E-state index in [9.17, 15) is 4.39 Å². The van der Waals surface area contributed by atoms with E-state index in [2.05, 4.69) is 37.5 Å². The molecule has 2 saturated heterocycles. The number of hydrogen-bond donors (Lipinski definition) is 0. The predicted molar refractivity (Wildman–Crippen MR) is 97.0 cm³/mol. The van der Waals surface area contributed by atoms with E-state index in [-0.39, 0.29) is 5.92 Å². The molecule has 1 aliphatic carbocycles. The van der Waals surface area contributed by atoms with Crippen molar-refractivity contribution in [3.8, 4) is 0 Å². The van der Waals surface area contributed by atoms with E-state index in [4.69, 9.17) is 4.74 Å². The lowest BCUT2D eigenvalue weighted by atomic mass is 9.81. The average molecular weight is 341 g/mol. The van der Waals surface area contributed by atoms with Crippen molar-refractivity contribution in [2.75, 3.05) is 26.2 Å². The highest BCUT2D eigenvalue weighted by molar-refractivity contribution is 4.93. The average Bonchev–Trinajstić information content (AvgIpc) is 2.50. The first kappa shape index (κ1) is 18.6. The fourth-order valence-corrected chi connectivity index (χ4v) is 4.78. The van der Waals surface area contributed by atoms with E-state index in [0.29, 0.717) is 36.8 Å². The van der Waals surface area contributed by atoms with Crippen LogP contribution in [0.5, 0.6) is 0 Å². The molecule has 4 heteroatoms. The maximum absolute atomic E-state index is 14.4. The Labute approximate surface area is 147 Å². The van der Waals surface area contributed by atoms with Gasteiger partial charge in [0.25, 0.3) is 0 Å². The van der Waals surface area contributed by atoms with E-state index in [0.717, 1.165) is 25.8 Å². The molecule has 2 heterocycles. The summed E-state index contributed by atoms with van der Waals surface area (Å²) < 4.78 is 20.7. The third kappa shape index (κ3) is 4.31. The Morgan fingerprint density at radius 2 is 1.58 bits per heavy atom. The largest absolute Gasteiger partial charge is 0.375 e. The van der Waals surface area contributed by atoms with Gasteiger partial charge in [0.1, 0.15) is 6.17 Å². The summed E-state index contributed by atoms with van der Waals surface area (Å²) in [7, 11) is 0. The lowest BCUT2D eigenvalue weighted by Gasteiger charge is -2.48. The van der Waals surface area contributed by atoms with Crippen LogP contribution in [-0.4, -0.2) is 66.4 Å². The summed E-state index contributed by atoms with van der Waals surface area (Å²) in [6.45, 7) is 12.9. The molecule has 0 bridgehead atoms. The molecule has 2 atom stereocenters. The number of rotatable bonds is 5. The molecule has 140 valence electrons. The zero-order chi connectivity index (χ0) is 17.3. The summed E-state index contributed by atoms with van der Waals surface area (Å²) in [5, 5.41) is 0. The third-order valence-corrected chi connectivity index (χ3v) is 6.66. The van der Waals surface area contributed by atoms with Crippen LogP contribution in [-0.2, 0) is 4.74 Å². The highest BCUT2D eigenvalue weighted by Gasteiger charge is 2.40. The Bertz CT molecular complexity index is 389. The molecule has 3 nitrogen and oxygen atoms in total. The molecule has 0 aromatic heterocycles. The molecule has 0 spiro atoms. The smallest absolute Gasteiger partial charge is 0.116 e. The number of likely N-dealkylation sites (tertiary alicyclic amines) is 2. The summed E-state index contributed by atoms with van der Waals surface area (Å²) in [5.74, 6) is 0.732. The van der Waals surface area contributed by atoms with Gasteiger partial charge in [-0.15, -0.1) is 0 Å². The zero-order valence-electron chi connectivity index (χ0n) is 16.1. The number of nitrogens with zero attached hydrogens (tertiary/aromatic N) is 2. The number of piperidine rings is 2. The van der Waals surface area contributed by atoms with Gasteiger partial charge in [-0.25, -0.2) is 4.39 Å². The standard InChI is InChI=1S/C20H37FN2O/c1-14(2)19-7-10-23(13-20(19)21)16-11-18(12-16)24-17-5-8-22(9-6-17)15(3)4/h14-20H,5-13H2,1-4H3/t16?,18?,19?,20-/m0/s1. The van der Waals surface area contributed by atoms with Gasteiger partial charge in [0.05, 0.1) is 12.2 Å². The maximum atomic E-state index is 14.4. The topological polar surface area (TPSA) is 15.7 Å². The van der Waals surface area contributed by atoms with Gasteiger partial charge in [0, 0.05) is 31.7 Å². The Hall–Kier alpha value is -0.190. The molecule has 0 N–H and O–H groups in total. The predicted octanol–water partition coefficient (Wildman–Crippen LogP) is 3.72. The van der Waals surface area contributed by atoms with Crippen LogP contribution in [0.4, 0.5) is 4.39 Å². The Morgan fingerprint density at radius 3 is 2.12 bits per heavy atom. The monoisotopic (exact) mass is 340 g/mol. The molecule has 0 amide bonds. The van der Waals surface area contributed by atoms with Gasteiger partial charge >= 0.3 is 0 Å². The van der Waals surface area contributed by atoms with E-state index in [1.807, 2.05) is 0 Å². The van der Waals surface area contributed by atoms with E-state index < -0.39 is 6.17 Å². The molecular formula is C20H37FN2O. The summed E-state index contributed by atoms with van der Waals surface area (Å²) in [6.07, 6.45) is 5.83. The molecular weight excluding hydrogens is 303 g/mol. The van der Waals surface area contributed by atoms with Crippen LogP contribution in [0.15, 0.2) is 0 Å². The molecule has 1 saturated carbocycles. The molecule has 0 aromatic carbocycles. The molecule has 3 rings (SSSR count).